The van der Waals surface area contributed by atoms with Crippen LogP contribution in [0.3, 0.4) is 0 Å². The monoisotopic (exact) mass is 345 g/mol. The van der Waals surface area contributed by atoms with Crippen LogP contribution >= 0.6 is 0 Å². The van der Waals surface area contributed by atoms with Gasteiger partial charge in [-0.15, -0.1) is 0 Å². The normalized spacial score (nSPS) is 15.4. The third-order valence-corrected chi connectivity index (χ3v) is 4.71. The van der Waals surface area contributed by atoms with Crippen LogP contribution in [0.5, 0.6) is 0 Å². The molecule has 0 spiro atoms. The number of aromatic nitrogens is 2. The first-order valence-corrected chi connectivity index (χ1v) is 8.22. The van der Waals surface area contributed by atoms with Crippen molar-refractivity contribution in [1.29, 1.82) is 0 Å². The van der Waals surface area contributed by atoms with Gasteiger partial charge >= 0.3 is 5.97 Å². The molecule has 0 atom stereocenters. The number of carboxylic acids is 1. The molecule has 0 unspecified atom stereocenters. The molecule has 1 amide bonds. The van der Waals surface area contributed by atoms with Crippen LogP contribution in [0.25, 0.3) is 5.69 Å². The predicted octanol–water partition coefficient (Wildman–Crippen LogP) is 2.57. The van der Waals surface area contributed by atoms with Gasteiger partial charge in [-0.2, -0.15) is 5.10 Å². The minimum atomic E-state index is -0.802. The van der Waals surface area contributed by atoms with Crippen LogP contribution in [-0.4, -0.2) is 44.8 Å². The van der Waals surface area contributed by atoms with Crippen molar-refractivity contribution in [2.45, 2.75) is 26.7 Å². The third kappa shape index (κ3) is 3.26. The number of aliphatic carboxylic acids is 1. The van der Waals surface area contributed by atoms with Crippen molar-refractivity contribution in [2.24, 2.45) is 5.92 Å². The first kappa shape index (κ1) is 17.1. The number of amides is 1. The quantitative estimate of drug-likeness (QED) is 0.928. The minimum absolute atomic E-state index is 0.132. The van der Waals surface area contributed by atoms with E-state index in [0.29, 0.717) is 48.6 Å². The molecule has 1 aliphatic heterocycles. The average molecular weight is 345 g/mol. The van der Waals surface area contributed by atoms with E-state index >= 15 is 0 Å². The summed E-state index contributed by atoms with van der Waals surface area (Å²) in [4.78, 5) is 25.6. The molecule has 0 bridgehead atoms. The number of carboxylic acid groups (broad SMARTS) is 1. The molecule has 1 aromatic carbocycles. The van der Waals surface area contributed by atoms with Crippen molar-refractivity contribution >= 4 is 11.9 Å². The fourth-order valence-corrected chi connectivity index (χ4v) is 3.27. The summed E-state index contributed by atoms with van der Waals surface area (Å²) in [6, 6.07) is 5.93. The van der Waals surface area contributed by atoms with E-state index in [1.54, 1.807) is 35.6 Å². The van der Waals surface area contributed by atoms with Crippen LogP contribution in [0, 0.1) is 25.6 Å². The summed E-state index contributed by atoms with van der Waals surface area (Å²) in [5.41, 5.74) is 2.50. The molecule has 0 saturated carbocycles. The number of piperidine rings is 1. The summed E-state index contributed by atoms with van der Waals surface area (Å²) in [6.07, 6.45) is 0.927. The highest BCUT2D eigenvalue weighted by Crippen LogP contribution is 2.23. The first-order chi connectivity index (χ1) is 11.9. The van der Waals surface area contributed by atoms with Crippen molar-refractivity contribution in [3.05, 3.63) is 47.0 Å². The smallest absolute Gasteiger partial charge is 0.306 e. The molecule has 1 fully saturated rings. The van der Waals surface area contributed by atoms with E-state index in [0.717, 1.165) is 0 Å². The summed E-state index contributed by atoms with van der Waals surface area (Å²) in [5.74, 6) is -1.65. The fraction of sp³-hybridized carbons (Fsp3) is 0.389. The molecule has 7 heteroatoms. The third-order valence-electron chi connectivity index (χ3n) is 4.71. The maximum Gasteiger partial charge on any atom is 0.306 e. The highest BCUT2D eigenvalue weighted by atomic mass is 19.1. The lowest BCUT2D eigenvalue weighted by Crippen LogP contribution is -2.40. The standard InChI is InChI=1S/C18H20FN3O3/c1-11-16(17(23)21-9-7-13(8-10-21)18(24)25)12(2)22(20-11)15-5-3-14(19)4-6-15/h3-6,13H,7-10H2,1-2H3,(H,24,25). The molecular weight excluding hydrogens is 325 g/mol. The number of aryl methyl sites for hydroxylation is 1. The van der Waals surface area contributed by atoms with Crippen molar-refractivity contribution in [3.63, 3.8) is 0 Å². The van der Waals surface area contributed by atoms with Gasteiger partial charge in [-0.05, 0) is 51.0 Å². The number of carbonyl (C=O) groups is 2. The van der Waals surface area contributed by atoms with Gasteiger partial charge in [0.05, 0.1) is 28.6 Å². The molecule has 3 rings (SSSR count). The number of likely N-dealkylation sites (tertiary alicyclic amines) is 1. The van der Waals surface area contributed by atoms with Crippen LogP contribution in [0.2, 0.25) is 0 Å². The van der Waals surface area contributed by atoms with Gasteiger partial charge in [0.15, 0.2) is 0 Å². The van der Waals surface area contributed by atoms with E-state index < -0.39 is 5.97 Å². The van der Waals surface area contributed by atoms with Crippen molar-refractivity contribution in [2.75, 3.05) is 13.1 Å². The molecule has 1 aromatic heterocycles. The molecule has 1 aliphatic rings. The Kier molecular flexibility index (Phi) is 4.57. The van der Waals surface area contributed by atoms with Gasteiger partial charge in [0.1, 0.15) is 5.82 Å². The first-order valence-electron chi connectivity index (χ1n) is 8.22. The highest BCUT2D eigenvalue weighted by Gasteiger charge is 2.30. The van der Waals surface area contributed by atoms with Crippen molar-refractivity contribution < 1.29 is 19.1 Å². The molecule has 1 N–H and O–H groups in total. The Morgan fingerprint density at radius 2 is 1.76 bits per heavy atom. The Hall–Kier alpha value is -2.70. The lowest BCUT2D eigenvalue weighted by molar-refractivity contribution is -0.143. The second-order valence-electron chi connectivity index (χ2n) is 6.34. The molecule has 2 heterocycles. The topological polar surface area (TPSA) is 75.4 Å². The Bertz CT molecular complexity index is 806. The van der Waals surface area contributed by atoms with Crippen LogP contribution in [-0.2, 0) is 4.79 Å². The van der Waals surface area contributed by atoms with Gasteiger partial charge in [0, 0.05) is 13.1 Å². The zero-order valence-corrected chi connectivity index (χ0v) is 14.2. The average Bonchev–Trinajstić information content (AvgIpc) is 2.89. The maximum absolute atomic E-state index is 13.1. The Labute approximate surface area is 144 Å². The molecular formula is C18H20FN3O3. The molecule has 25 heavy (non-hydrogen) atoms. The Balaban J connectivity index is 1.84. The molecule has 1 saturated heterocycles. The van der Waals surface area contributed by atoms with E-state index in [9.17, 15) is 14.0 Å². The number of hydrogen-bond acceptors (Lipinski definition) is 3. The van der Waals surface area contributed by atoms with Gasteiger partial charge < -0.3 is 10.0 Å². The molecule has 2 aromatic rings. The van der Waals surface area contributed by atoms with Gasteiger partial charge in [-0.3, -0.25) is 9.59 Å². The van der Waals surface area contributed by atoms with E-state index in [1.165, 1.54) is 12.1 Å². The van der Waals surface area contributed by atoms with Gasteiger partial charge in [-0.25, -0.2) is 9.07 Å². The predicted molar refractivity (Wildman–Crippen MR) is 89.3 cm³/mol. The summed E-state index contributed by atoms with van der Waals surface area (Å²) in [6.45, 7) is 4.43. The van der Waals surface area contributed by atoms with E-state index in [-0.39, 0.29) is 17.6 Å². The molecule has 132 valence electrons. The van der Waals surface area contributed by atoms with Gasteiger partial charge in [0.25, 0.3) is 5.91 Å². The van der Waals surface area contributed by atoms with Crippen LogP contribution < -0.4 is 0 Å². The number of nitrogens with zero attached hydrogens (tertiary/aromatic N) is 3. The molecule has 0 aliphatic carbocycles. The Morgan fingerprint density at radius 1 is 1.16 bits per heavy atom. The summed E-state index contributed by atoms with van der Waals surface area (Å²) in [5, 5.41) is 13.5. The number of hydrogen-bond donors (Lipinski definition) is 1. The highest BCUT2D eigenvalue weighted by molar-refractivity contribution is 5.96. The second kappa shape index (κ2) is 6.66. The number of rotatable bonds is 3. The van der Waals surface area contributed by atoms with Gasteiger partial charge in [0.2, 0.25) is 0 Å². The zero-order chi connectivity index (χ0) is 18.1. The second-order valence-corrected chi connectivity index (χ2v) is 6.34. The van der Waals surface area contributed by atoms with Crippen LogP contribution in [0.4, 0.5) is 4.39 Å². The molecule has 0 radical (unpaired) electrons. The van der Waals surface area contributed by atoms with Gasteiger partial charge in [-0.1, -0.05) is 0 Å². The lowest BCUT2D eigenvalue weighted by atomic mass is 9.96. The number of halogens is 1. The number of carbonyl (C=O) groups excluding carboxylic acids is 1. The Morgan fingerprint density at radius 3 is 2.32 bits per heavy atom. The number of benzene rings is 1. The van der Waals surface area contributed by atoms with Crippen LogP contribution in [0.1, 0.15) is 34.6 Å². The largest absolute Gasteiger partial charge is 0.481 e. The maximum atomic E-state index is 13.1. The van der Waals surface area contributed by atoms with Crippen LogP contribution in [0.15, 0.2) is 24.3 Å². The summed E-state index contributed by atoms with van der Waals surface area (Å²) in [7, 11) is 0. The van der Waals surface area contributed by atoms with Crippen molar-refractivity contribution in [3.8, 4) is 5.69 Å². The van der Waals surface area contributed by atoms with E-state index in [1.807, 2.05) is 0 Å². The summed E-state index contributed by atoms with van der Waals surface area (Å²) >= 11 is 0. The fourth-order valence-electron chi connectivity index (χ4n) is 3.27. The van der Waals surface area contributed by atoms with E-state index in [2.05, 4.69) is 5.10 Å². The van der Waals surface area contributed by atoms with Crippen molar-refractivity contribution in [1.82, 2.24) is 14.7 Å². The SMILES string of the molecule is Cc1nn(-c2ccc(F)cc2)c(C)c1C(=O)N1CCC(C(=O)O)CC1. The van der Waals surface area contributed by atoms with E-state index in [4.69, 9.17) is 5.11 Å². The lowest BCUT2D eigenvalue weighted by Gasteiger charge is -2.30. The minimum Gasteiger partial charge on any atom is -0.481 e. The molecule has 6 nitrogen and oxygen atoms in total. The summed E-state index contributed by atoms with van der Waals surface area (Å²) < 4.78 is 14.7. The zero-order valence-electron chi connectivity index (χ0n) is 14.2.